The van der Waals surface area contributed by atoms with Gasteiger partial charge in [-0.1, -0.05) is 67.0 Å². The van der Waals surface area contributed by atoms with Crippen molar-refractivity contribution in [2.75, 3.05) is 6.61 Å². The van der Waals surface area contributed by atoms with Crippen LogP contribution in [0, 0.1) is 3.57 Å². The topological polar surface area (TPSA) is 38.8 Å². The quantitative estimate of drug-likeness (QED) is 0.184. The summed E-state index contributed by atoms with van der Waals surface area (Å²) in [5.41, 5.74) is 1.92. The molecule has 174 valence electrons. The van der Waals surface area contributed by atoms with Gasteiger partial charge in [0.2, 0.25) is 0 Å². The zero-order valence-electron chi connectivity index (χ0n) is 18.3. The van der Waals surface area contributed by atoms with E-state index in [2.05, 4.69) is 22.6 Å². The highest BCUT2D eigenvalue weighted by atomic mass is 127. The summed E-state index contributed by atoms with van der Waals surface area (Å²) in [7, 11) is 0. The van der Waals surface area contributed by atoms with Gasteiger partial charge in [0.25, 0.3) is 5.91 Å². The molecule has 2 aromatic carbocycles. The van der Waals surface area contributed by atoms with Gasteiger partial charge in [-0.15, -0.1) is 0 Å². The first-order chi connectivity index (χ1) is 16.0. The molecular weight excluding hydrogens is 589 g/mol. The number of nitrogens with zero attached hydrogens (tertiary/aromatic N) is 1. The predicted octanol–water partition coefficient (Wildman–Crippen LogP) is 7.46. The first-order valence-corrected chi connectivity index (χ1v) is 13.7. The third-order valence-corrected chi connectivity index (χ3v) is 8.07. The second-order valence-corrected chi connectivity index (χ2v) is 11.3. The molecule has 1 heterocycles. The van der Waals surface area contributed by atoms with E-state index in [1.807, 2.05) is 54.3 Å². The summed E-state index contributed by atoms with van der Waals surface area (Å²) in [6.07, 6.45) is 7.54. The number of thioether (sulfide) groups is 1. The van der Waals surface area contributed by atoms with Gasteiger partial charge < -0.3 is 9.47 Å². The van der Waals surface area contributed by atoms with Crippen molar-refractivity contribution in [2.24, 2.45) is 0 Å². The average Bonchev–Trinajstić information content (AvgIpc) is 3.08. The van der Waals surface area contributed by atoms with E-state index in [0.717, 1.165) is 40.4 Å². The smallest absolute Gasteiger partial charge is 0.266 e. The number of ether oxygens (including phenoxy) is 2. The van der Waals surface area contributed by atoms with E-state index in [1.165, 1.54) is 18.2 Å². The second-order valence-electron chi connectivity index (χ2n) is 8.02. The summed E-state index contributed by atoms with van der Waals surface area (Å²) in [6.45, 7) is 2.87. The van der Waals surface area contributed by atoms with Crippen molar-refractivity contribution in [3.63, 3.8) is 0 Å². The molecule has 0 unspecified atom stereocenters. The molecule has 0 bridgehead atoms. The molecule has 33 heavy (non-hydrogen) atoms. The standard InChI is InChI=1S/C25H25ClINO3S2/c1-2-30-21-13-17(12-20(27)23(21)31-15-16-8-10-18(26)11-9-16)14-22-24(29)28(25(32)33-22)19-6-4-3-5-7-19/h8-14,19H,2-7,15H2,1H3/b22-14-. The summed E-state index contributed by atoms with van der Waals surface area (Å²) in [4.78, 5) is 15.6. The minimum absolute atomic E-state index is 0.0212. The lowest BCUT2D eigenvalue weighted by Gasteiger charge is -2.29. The van der Waals surface area contributed by atoms with Crippen LogP contribution in [0.15, 0.2) is 41.3 Å². The van der Waals surface area contributed by atoms with E-state index in [-0.39, 0.29) is 11.9 Å². The molecule has 8 heteroatoms. The number of amides is 1. The Bertz CT molecular complexity index is 1070. The van der Waals surface area contributed by atoms with Crippen LogP contribution in [0.1, 0.15) is 50.2 Å². The minimum Gasteiger partial charge on any atom is -0.490 e. The van der Waals surface area contributed by atoms with Crippen LogP contribution in [0.4, 0.5) is 0 Å². The van der Waals surface area contributed by atoms with Gasteiger partial charge in [0.05, 0.1) is 15.1 Å². The lowest BCUT2D eigenvalue weighted by Crippen LogP contribution is -2.39. The lowest BCUT2D eigenvalue weighted by atomic mass is 9.94. The van der Waals surface area contributed by atoms with Crippen molar-refractivity contribution in [1.82, 2.24) is 4.90 Å². The van der Waals surface area contributed by atoms with E-state index in [1.54, 1.807) is 0 Å². The van der Waals surface area contributed by atoms with Crippen LogP contribution >= 0.6 is 58.2 Å². The van der Waals surface area contributed by atoms with Crippen LogP contribution in [0.5, 0.6) is 11.5 Å². The van der Waals surface area contributed by atoms with Crippen LogP contribution < -0.4 is 9.47 Å². The van der Waals surface area contributed by atoms with Gasteiger partial charge in [-0.2, -0.15) is 0 Å². The number of rotatable bonds is 7. The minimum atomic E-state index is 0.0212. The number of thiocarbonyl (C=S) groups is 1. The van der Waals surface area contributed by atoms with Crippen molar-refractivity contribution >= 4 is 74.5 Å². The highest BCUT2D eigenvalue weighted by molar-refractivity contribution is 14.1. The lowest BCUT2D eigenvalue weighted by molar-refractivity contribution is -0.124. The number of hydrogen-bond acceptors (Lipinski definition) is 5. The highest BCUT2D eigenvalue weighted by Gasteiger charge is 2.37. The molecule has 0 aromatic heterocycles. The summed E-state index contributed by atoms with van der Waals surface area (Å²) >= 11 is 15.2. The Morgan fingerprint density at radius 1 is 1.18 bits per heavy atom. The molecule has 2 fully saturated rings. The highest BCUT2D eigenvalue weighted by Crippen LogP contribution is 2.40. The van der Waals surface area contributed by atoms with Gasteiger partial charge >= 0.3 is 0 Å². The zero-order valence-corrected chi connectivity index (χ0v) is 22.9. The summed E-state index contributed by atoms with van der Waals surface area (Å²) in [6, 6.07) is 11.8. The van der Waals surface area contributed by atoms with Gasteiger partial charge in [-0.25, -0.2) is 0 Å². The summed E-state index contributed by atoms with van der Waals surface area (Å²) in [5.74, 6) is 1.37. The van der Waals surface area contributed by atoms with Crippen LogP contribution in [-0.4, -0.2) is 27.8 Å². The van der Waals surface area contributed by atoms with E-state index >= 15 is 0 Å². The molecule has 2 aliphatic rings. The Morgan fingerprint density at radius 3 is 2.61 bits per heavy atom. The third kappa shape index (κ3) is 6.05. The average molecular weight is 614 g/mol. The first-order valence-electron chi connectivity index (χ1n) is 11.1. The molecule has 1 aliphatic heterocycles. The van der Waals surface area contributed by atoms with Crippen LogP contribution in [0.25, 0.3) is 6.08 Å². The van der Waals surface area contributed by atoms with Crippen molar-refractivity contribution in [1.29, 1.82) is 0 Å². The number of carbonyl (C=O) groups excluding carboxylic acids is 1. The fourth-order valence-electron chi connectivity index (χ4n) is 4.10. The molecule has 2 aromatic rings. The van der Waals surface area contributed by atoms with Crippen molar-refractivity contribution in [3.8, 4) is 11.5 Å². The Balaban J connectivity index is 1.55. The summed E-state index contributed by atoms with van der Waals surface area (Å²) in [5, 5.41) is 0.696. The van der Waals surface area contributed by atoms with E-state index in [4.69, 9.17) is 33.3 Å². The van der Waals surface area contributed by atoms with E-state index in [0.29, 0.717) is 39.0 Å². The molecule has 1 saturated heterocycles. The molecule has 0 atom stereocenters. The fourth-order valence-corrected chi connectivity index (χ4v) is 6.40. The molecule has 0 N–H and O–H groups in total. The summed E-state index contributed by atoms with van der Waals surface area (Å²) < 4.78 is 13.6. The SMILES string of the molecule is CCOc1cc(/C=C2\SC(=S)N(C3CCCCC3)C2=O)cc(I)c1OCc1ccc(Cl)cc1. The van der Waals surface area contributed by atoms with Crippen LogP contribution in [-0.2, 0) is 11.4 Å². The molecule has 1 saturated carbocycles. The monoisotopic (exact) mass is 613 g/mol. The van der Waals surface area contributed by atoms with Gasteiger partial charge in [-0.05, 0) is 83.8 Å². The van der Waals surface area contributed by atoms with Crippen molar-refractivity contribution in [3.05, 3.63) is 61.0 Å². The van der Waals surface area contributed by atoms with Gasteiger partial charge in [-0.3, -0.25) is 9.69 Å². The van der Waals surface area contributed by atoms with Crippen LogP contribution in [0.3, 0.4) is 0 Å². The van der Waals surface area contributed by atoms with E-state index < -0.39 is 0 Å². The van der Waals surface area contributed by atoms with Gasteiger partial charge in [0, 0.05) is 11.1 Å². The van der Waals surface area contributed by atoms with Gasteiger partial charge in [0.1, 0.15) is 10.9 Å². The number of benzene rings is 2. The number of halogens is 2. The Labute approximate surface area is 223 Å². The number of carbonyl (C=O) groups is 1. The molecule has 0 spiro atoms. The van der Waals surface area contributed by atoms with Gasteiger partial charge in [0.15, 0.2) is 11.5 Å². The zero-order chi connectivity index (χ0) is 23.4. The normalized spacial score (nSPS) is 18.3. The Hall–Kier alpha value is -1.29. The van der Waals surface area contributed by atoms with Crippen molar-refractivity contribution < 1.29 is 14.3 Å². The molecule has 1 aliphatic carbocycles. The van der Waals surface area contributed by atoms with Crippen molar-refractivity contribution in [2.45, 2.75) is 51.7 Å². The second kappa shape index (κ2) is 11.4. The first kappa shape index (κ1) is 24.8. The maximum atomic E-state index is 13.1. The Morgan fingerprint density at radius 2 is 1.91 bits per heavy atom. The van der Waals surface area contributed by atoms with Crippen LogP contribution in [0.2, 0.25) is 5.02 Å². The fraction of sp³-hybridized carbons (Fsp3) is 0.360. The molecule has 4 nitrogen and oxygen atoms in total. The predicted molar refractivity (Wildman–Crippen MR) is 148 cm³/mol. The largest absolute Gasteiger partial charge is 0.490 e. The molecule has 0 radical (unpaired) electrons. The maximum Gasteiger partial charge on any atom is 0.266 e. The maximum absolute atomic E-state index is 13.1. The molecular formula is C25H25ClINO3S2. The van der Waals surface area contributed by atoms with E-state index in [9.17, 15) is 4.79 Å². The molecule has 4 rings (SSSR count). The Kier molecular flexibility index (Phi) is 8.59. The molecule has 1 amide bonds. The third-order valence-electron chi connectivity index (χ3n) is 5.69. The number of hydrogen-bond donors (Lipinski definition) is 0.